The average molecular weight is 473 g/mol. The van der Waals surface area contributed by atoms with Gasteiger partial charge in [-0.1, -0.05) is 54.6 Å². The first-order valence-corrected chi connectivity index (χ1v) is 11.6. The highest BCUT2D eigenvalue weighted by Gasteiger charge is 2.19. The zero-order chi connectivity index (χ0) is 23.3. The van der Waals surface area contributed by atoms with Gasteiger partial charge in [0.05, 0.1) is 33.9 Å². The largest absolute Gasteiger partial charge is 0.336 e. The third-order valence-electron chi connectivity index (χ3n) is 5.09. The van der Waals surface area contributed by atoms with Crippen LogP contribution in [0.2, 0.25) is 5.02 Å². The second-order valence-corrected chi connectivity index (χ2v) is 8.76. The number of carbonyl (C=O) groups is 2. The summed E-state index contributed by atoms with van der Waals surface area (Å²) >= 11 is 7.26. The summed E-state index contributed by atoms with van der Waals surface area (Å²) in [6, 6.07) is 14.0. The molecule has 9 heteroatoms. The fourth-order valence-electron chi connectivity index (χ4n) is 3.09. The SMILES string of the molecule is CC[C@@H](C)n1c(SCC(=O)N(C)CC(=O)Nc2ccccc2Cl)nc2ccccc2c1=O. The van der Waals surface area contributed by atoms with Gasteiger partial charge in [-0.25, -0.2) is 4.98 Å². The third-order valence-corrected chi connectivity index (χ3v) is 6.35. The fourth-order valence-corrected chi connectivity index (χ4v) is 4.31. The molecule has 168 valence electrons. The van der Waals surface area contributed by atoms with Gasteiger partial charge in [-0.2, -0.15) is 0 Å². The van der Waals surface area contributed by atoms with Crippen molar-refractivity contribution in [2.45, 2.75) is 31.5 Å². The molecule has 7 nitrogen and oxygen atoms in total. The van der Waals surface area contributed by atoms with Crippen LogP contribution in [-0.2, 0) is 9.59 Å². The van der Waals surface area contributed by atoms with Crippen LogP contribution in [0.25, 0.3) is 10.9 Å². The normalized spacial score (nSPS) is 11.9. The zero-order valence-electron chi connectivity index (χ0n) is 18.2. The van der Waals surface area contributed by atoms with Gasteiger partial charge in [-0.15, -0.1) is 0 Å². The van der Waals surface area contributed by atoms with Crippen LogP contribution in [0.4, 0.5) is 5.69 Å². The van der Waals surface area contributed by atoms with E-state index in [1.807, 2.05) is 26.0 Å². The number of rotatable bonds is 8. The van der Waals surface area contributed by atoms with Gasteiger partial charge < -0.3 is 10.2 Å². The lowest BCUT2D eigenvalue weighted by Crippen LogP contribution is -2.36. The molecule has 3 rings (SSSR count). The topological polar surface area (TPSA) is 84.3 Å². The maximum absolute atomic E-state index is 13.0. The van der Waals surface area contributed by atoms with Gasteiger partial charge in [0.1, 0.15) is 0 Å². The minimum absolute atomic E-state index is 0.0527. The molecular formula is C23H25ClN4O3S. The summed E-state index contributed by atoms with van der Waals surface area (Å²) in [5, 5.41) is 4.17. The molecule has 2 amide bonds. The standard InChI is InChI=1S/C23H25ClN4O3S/c1-4-15(2)28-22(31)16-9-5-7-11-18(16)26-23(28)32-14-21(30)27(3)13-20(29)25-19-12-8-6-10-17(19)24/h5-12,15H,4,13-14H2,1-3H3,(H,25,29)/t15-/m1/s1. The first-order chi connectivity index (χ1) is 15.3. The van der Waals surface area contributed by atoms with Crippen molar-refractivity contribution in [3.05, 3.63) is 63.9 Å². The zero-order valence-corrected chi connectivity index (χ0v) is 19.7. The van der Waals surface area contributed by atoms with Crippen LogP contribution < -0.4 is 10.9 Å². The highest BCUT2D eigenvalue weighted by Crippen LogP contribution is 2.23. The lowest BCUT2D eigenvalue weighted by molar-refractivity contribution is -0.131. The van der Waals surface area contributed by atoms with Crippen molar-refractivity contribution in [3.63, 3.8) is 0 Å². The van der Waals surface area contributed by atoms with Gasteiger partial charge in [-0.05, 0) is 37.6 Å². The molecule has 0 radical (unpaired) electrons. The quantitative estimate of drug-likeness (QED) is 0.392. The van der Waals surface area contributed by atoms with Crippen LogP contribution >= 0.6 is 23.4 Å². The molecule has 0 fully saturated rings. The van der Waals surface area contributed by atoms with Crippen molar-refractivity contribution in [1.82, 2.24) is 14.5 Å². The van der Waals surface area contributed by atoms with E-state index in [2.05, 4.69) is 10.3 Å². The van der Waals surface area contributed by atoms with Crippen LogP contribution in [0.1, 0.15) is 26.3 Å². The molecular weight excluding hydrogens is 448 g/mol. The van der Waals surface area contributed by atoms with E-state index >= 15 is 0 Å². The van der Waals surface area contributed by atoms with E-state index in [4.69, 9.17) is 11.6 Å². The van der Waals surface area contributed by atoms with Crippen molar-refractivity contribution >= 4 is 51.8 Å². The summed E-state index contributed by atoms with van der Waals surface area (Å²) in [6.07, 6.45) is 0.754. The van der Waals surface area contributed by atoms with Crippen molar-refractivity contribution in [1.29, 1.82) is 0 Å². The molecule has 0 aliphatic rings. The van der Waals surface area contributed by atoms with Crippen LogP contribution in [0.15, 0.2) is 58.5 Å². The summed E-state index contributed by atoms with van der Waals surface area (Å²) in [5.41, 5.74) is 0.971. The monoisotopic (exact) mass is 472 g/mol. The number of fused-ring (bicyclic) bond motifs is 1. The molecule has 3 aromatic rings. The van der Waals surface area contributed by atoms with Crippen molar-refractivity contribution in [2.24, 2.45) is 0 Å². The summed E-state index contributed by atoms with van der Waals surface area (Å²) in [5.74, 6) is -0.543. The number of benzene rings is 2. The maximum Gasteiger partial charge on any atom is 0.262 e. The number of halogens is 1. The van der Waals surface area contributed by atoms with E-state index in [1.54, 1.807) is 48.0 Å². The molecule has 1 aromatic heterocycles. The summed E-state index contributed by atoms with van der Waals surface area (Å²) in [4.78, 5) is 43.9. The maximum atomic E-state index is 13.0. The first kappa shape index (κ1) is 23.8. The van der Waals surface area contributed by atoms with E-state index < -0.39 is 0 Å². The Hall–Kier alpha value is -2.84. The van der Waals surface area contributed by atoms with Gasteiger partial charge >= 0.3 is 0 Å². The number of nitrogens with one attached hydrogen (secondary N) is 1. The van der Waals surface area contributed by atoms with E-state index in [0.717, 1.165) is 6.42 Å². The molecule has 0 unspecified atom stereocenters. The van der Waals surface area contributed by atoms with E-state index in [9.17, 15) is 14.4 Å². The molecule has 0 bridgehead atoms. The number of carbonyl (C=O) groups excluding carboxylic acids is 2. The van der Waals surface area contributed by atoms with Crippen LogP contribution in [0.5, 0.6) is 0 Å². The van der Waals surface area contributed by atoms with E-state index in [-0.39, 0.29) is 35.7 Å². The lowest BCUT2D eigenvalue weighted by Gasteiger charge is -2.20. The summed E-state index contributed by atoms with van der Waals surface area (Å²) < 4.78 is 1.64. The fraction of sp³-hybridized carbons (Fsp3) is 0.304. The van der Waals surface area contributed by atoms with Crippen LogP contribution in [0, 0.1) is 0 Å². The van der Waals surface area contributed by atoms with Crippen LogP contribution in [0.3, 0.4) is 0 Å². The molecule has 1 atom stereocenters. The Kier molecular flexibility index (Phi) is 7.93. The number of amides is 2. The minimum atomic E-state index is -0.348. The predicted octanol–water partition coefficient (Wildman–Crippen LogP) is 4.21. The van der Waals surface area contributed by atoms with E-state index in [0.29, 0.717) is 26.8 Å². The number of nitrogens with zero attached hydrogens (tertiary/aromatic N) is 3. The molecule has 0 aliphatic carbocycles. The Morgan fingerprint density at radius 1 is 1.19 bits per heavy atom. The van der Waals surface area contributed by atoms with Crippen molar-refractivity contribution in [2.75, 3.05) is 24.7 Å². The van der Waals surface area contributed by atoms with Gasteiger partial charge in [0, 0.05) is 13.1 Å². The van der Waals surface area contributed by atoms with Crippen molar-refractivity contribution in [3.8, 4) is 0 Å². The van der Waals surface area contributed by atoms with Gasteiger partial charge in [0.15, 0.2) is 5.16 Å². The second-order valence-electron chi connectivity index (χ2n) is 7.41. The Labute approximate surface area is 195 Å². The Balaban J connectivity index is 1.70. The Morgan fingerprint density at radius 3 is 2.59 bits per heavy atom. The molecule has 0 saturated carbocycles. The highest BCUT2D eigenvalue weighted by atomic mass is 35.5. The van der Waals surface area contributed by atoms with Gasteiger partial charge in [-0.3, -0.25) is 19.0 Å². The van der Waals surface area contributed by atoms with Crippen molar-refractivity contribution < 1.29 is 9.59 Å². The minimum Gasteiger partial charge on any atom is -0.336 e. The Bertz CT molecular complexity index is 1200. The van der Waals surface area contributed by atoms with E-state index in [1.165, 1.54) is 16.7 Å². The smallest absolute Gasteiger partial charge is 0.262 e. The molecule has 0 spiro atoms. The lowest BCUT2D eigenvalue weighted by atomic mass is 10.2. The number of para-hydroxylation sites is 2. The first-order valence-electron chi connectivity index (χ1n) is 10.2. The molecule has 2 aromatic carbocycles. The number of thioether (sulfide) groups is 1. The van der Waals surface area contributed by atoms with Crippen LogP contribution in [-0.4, -0.2) is 45.6 Å². The number of anilines is 1. The van der Waals surface area contributed by atoms with Gasteiger partial charge in [0.25, 0.3) is 5.56 Å². The predicted molar refractivity (Wildman–Crippen MR) is 129 cm³/mol. The van der Waals surface area contributed by atoms with Gasteiger partial charge in [0.2, 0.25) is 11.8 Å². The number of likely N-dealkylation sites (N-methyl/N-ethyl adjacent to an activating group) is 1. The number of aromatic nitrogens is 2. The Morgan fingerprint density at radius 2 is 1.88 bits per heavy atom. The number of hydrogen-bond donors (Lipinski definition) is 1. The summed E-state index contributed by atoms with van der Waals surface area (Å²) in [7, 11) is 1.56. The third kappa shape index (κ3) is 5.49. The molecule has 1 heterocycles. The molecule has 1 N–H and O–H groups in total. The average Bonchev–Trinajstić information content (AvgIpc) is 2.78. The highest BCUT2D eigenvalue weighted by molar-refractivity contribution is 7.99. The molecule has 0 saturated heterocycles. The number of hydrogen-bond acceptors (Lipinski definition) is 5. The summed E-state index contributed by atoms with van der Waals surface area (Å²) in [6.45, 7) is 3.83. The second kappa shape index (κ2) is 10.7. The molecule has 0 aliphatic heterocycles. The molecule has 32 heavy (non-hydrogen) atoms.